The average molecular weight is 498 g/mol. The summed E-state index contributed by atoms with van der Waals surface area (Å²) in [5, 5.41) is 0.768. The van der Waals surface area contributed by atoms with Crippen LogP contribution in [0.3, 0.4) is 0 Å². The van der Waals surface area contributed by atoms with Crippen LogP contribution in [-0.4, -0.2) is 25.8 Å². The molecule has 0 aromatic heterocycles. The molecule has 0 saturated heterocycles. The van der Waals surface area contributed by atoms with Gasteiger partial charge in [-0.3, -0.25) is 4.99 Å². The lowest BCUT2D eigenvalue weighted by atomic mass is 10.1. The molecule has 0 amide bonds. The molecule has 0 radical (unpaired) electrons. The Balaban J connectivity index is 1.58. The van der Waals surface area contributed by atoms with Gasteiger partial charge in [-0.25, -0.2) is 0 Å². The molecule has 0 N–H and O–H groups in total. The topological polar surface area (TPSA) is 15.6 Å². The molecule has 1 aliphatic rings. The molecule has 0 spiro atoms. The molecule has 1 aliphatic heterocycles. The van der Waals surface area contributed by atoms with Crippen LogP contribution >= 0.6 is 39.3 Å². The number of benzodiazepines with no additional fused rings is 1. The van der Waals surface area contributed by atoms with E-state index in [1.807, 2.05) is 23.9 Å². The van der Waals surface area contributed by atoms with Crippen molar-refractivity contribution in [2.24, 2.45) is 4.99 Å². The van der Waals surface area contributed by atoms with Crippen molar-refractivity contribution in [2.45, 2.75) is 10.6 Å². The van der Waals surface area contributed by atoms with E-state index in [4.69, 9.17) is 16.6 Å². The van der Waals surface area contributed by atoms with Gasteiger partial charge in [-0.2, -0.15) is 0 Å². The van der Waals surface area contributed by atoms with Gasteiger partial charge in [0.05, 0.1) is 12.3 Å². The normalized spacial score (nSPS) is 13.8. The number of allylic oxidation sites excluding steroid dienone is 1. The lowest BCUT2D eigenvalue weighted by Gasteiger charge is -2.18. The maximum absolute atomic E-state index is 6.01. The monoisotopic (exact) mass is 496 g/mol. The first-order valence-corrected chi connectivity index (χ1v) is 12.0. The molecule has 3 aromatic rings. The van der Waals surface area contributed by atoms with Gasteiger partial charge in [-0.15, -0.1) is 11.8 Å². The summed E-state index contributed by atoms with van der Waals surface area (Å²) in [6, 6.07) is 22.9. The van der Waals surface area contributed by atoms with Crippen molar-refractivity contribution in [1.29, 1.82) is 0 Å². The molecule has 0 bridgehead atoms. The predicted octanol–water partition coefficient (Wildman–Crippen LogP) is 7.35. The highest BCUT2D eigenvalue weighted by atomic mass is 79.9. The third-order valence-corrected chi connectivity index (χ3v) is 6.90. The van der Waals surface area contributed by atoms with Crippen LogP contribution in [0.5, 0.6) is 0 Å². The summed E-state index contributed by atoms with van der Waals surface area (Å²) in [6.07, 6.45) is 4.32. The molecule has 30 heavy (non-hydrogen) atoms. The van der Waals surface area contributed by atoms with Crippen LogP contribution < -0.4 is 4.90 Å². The fourth-order valence-corrected chi connectivity index (χ4v) is 5.04. The van der Waals surface area contributed by atoms with Crippen molar-refractivity contribution >= 4 is 56.8 Å². The number of nitrogens with zero attached hydrogens (tertiary/aromatic N) is 2. The number of fused-ring (bicyclic) bond motifs is 1. The largest absolute Gasteiger partial charge is 0.372 e. The molecular formula is C25H22BrClN2S. The lowest BCUT2D eigenvalue weighted by Crippen LogP contribution is -2.20. The predicted molar refractivity (Wildman–Crippen MR) is 135 cm³/mol. The third-order valence-electron chi connectivity index (χ3n) is 5.01. The Morgan fingerprint density at radius 1 is 1.07 bits per heavy atom. The van der Waals surface area contributed by atoms with E-state index in [0.717, 1.165) is 34.0 Å². The Hall–Kier alpha value is -2.01. The average Bonchev–Trinajstić information content (AvgIpc) is 2.92. The van der Waals surface area contributed by atoms with Gasteiger partial charge < -0.3 is 4.90 Å². The van der Waals surface area contributed by atoms with Gasteiger partial charge in [-0.05, 0) is 47.5 Å². The van der Waals surface area contributed by atoms with E-state index in [2.05, 4.69) is 94.6 Å². The van der Waals surface area contributed by atoms with Crippen molar-refractivity contribution in [1.82, 2.24) is 0 Å². The summed E-state index contributed by atoms with van der Waals surface area (Å²) >= 11 is 11.4. The second-order valence-corrected chi connectivity index (χ2v) is 9.51. The van der Waals surface area contributed by atoms with E-state index >= 15 is 0 Å². The third kappa shape index (κ3) is 5.18. The number of thioether (sulfide) groups is 1. The zero-order valence-corrected chi connectivity index (χ0v) is 19.8. The molecule has 5 heteroatoms. The minimum absolute atomic E-state index is 0.768. The van der Waals surface area contributed by atoms with Gasteiger partial charge in [0, 0.05) is 45.0 Å². The highest BCUT2D eigenvalue weighted by molar-refractivity contribution is 9.10. The van der Waals surface area contributed by atoms with Gasteiger partial charge in [0.2, 0.25) is 0 Å². The number of anilines is 1. The molecule has 0 atom stereocenters. The van der Waals surface area contributed by atoms with Gasteiger partial charge in [0.25, 0.3) is 0 Å². The summed E-state index contributed by atoms with van der Waals surface area (Å²) in [6.45, 7) is 1.72. The van der Waals surface area contributed by atoms with Crippen molar-refractivity contribution in [3.05, 3.63) is 99.0 Å². The molecular weight excluding hydrogens is 476 g/mol. The first kappa shape index (κ1) is 21.2. The van der Waals surface area contributed by atoms with Crippen LogP contribution in [-0.2, 0) is 5.75 Å². The summed E-state index contributed by atoms with van der Waals surface area (Å²) in [4.78, 5) is 8.34. The molecule has 1 heterocycles. The molecule has 2 nitrogen and oxygen atoms in total. The molecule has 4 rings (SSSR count). The fraction of sp³-hybridized carbons (Fsp3) is 0.160. The van der Waals surface area contributed by atoms with Gasteiger partial charge in [0.15, 0.2) is 0 Å². The molecule has 0 unspecified atom stereocenters. The summed E-state index contributed by atoms with van der Waals surface area (Å²) < 4.78 is 1.08. The highest BCUT2D eigenvalue weighted by Gasteiger charge is 2.14. The Morgan fingerprint density at radius 3 is 2.70 bits per heavy atom. The van der Waals surface area contributed by atoms with Gasteiger partial charge in [-0.1, -0.05) is 70.0 Å². The van der Waals surface area contributed by atoms with Gasteiger partial charge >= 0.3 is 0 Å². The van der Waals surface area contributed by atoms with E-state index in [1.54, 1.807) is 0 Å². The van der Waals surface area contributed by atoms with Crippen LogP contribution in [0.4, 0.5) is 5.69 Å². The Morgan fingerprint density at radius 2 is 1.87 bits per heavy atom. The SMILES string of the molecule is CN1CCN=C(C=Cc2ccc(Br)cc2SCc2ccc(Cl)cc2)c2ccccc21. The minimum atomic E-state index is 0.768. The number of halogens is 2. The first-order chi connectivity index (χ1) is 14.6. The number of likely N-dealkylation sites (N-methyl/N-ethyl adjacent to an activating group) is 1. The number of hydrogen-bond acceptors (Lipinski definition) is 3. The van der Waals surface area contributed by atoms with Crippen LogP contribution in [0, 0.1) is 0 Å². The maximum atomic E-state index is 6.01. The van der Waals surface area contributed by atoms with Crippen molar-refractivity contribution < 1.29 is 0 Å². The van der Waals surface area contributed by atoms with E-state index in [-0.39, 0.29) is 0 Å². The summed E-state index contributed by atoms with van der Waals surface area (Å²) in [5.74, 6) is 0.892. The van der Waals surface area contributed by atoms with Crippen LogP contribution in [0.15, 0.2) is 87.2 Å². The molecule has 3 aromatic carbocycles. The highest BCUT2D eigenvalue weighted by Crippen LogP contribution is 2.31. The fourth-order valence-electron chi connectivity index (χ4n) is 3.37. The Labute approximate surface area is 195 Å². The molecule has 0 fully saturated rings. The smallest absolute Gasteiger partial charge is 0.0668 e. The van der Waals surface area contributed by atoms with E-state index in [0.29, 0.717) is 0 Å². The second kappa shape index (κ2) is 9.86. The van der Waals surface area contributed by atoms with E-state index < -0.39 is 0 Å². The van der Waals surface area contributed by atoms with Crippen LogP contribution in [0.1, 0.15) is 16.7 Å². The molecule has 152 valence electrons. The zero-order chi connectivity index (χ0) is 20.9. The summed E-state index contributed by atoms with van der Waals surface area (Å²) in [7, 11) is 2.13. The number of benzene rings is 3. The number of aliphatic imine (C=N–C) groups is 1. The zero-order valence-electron chi connectivity index (χ0n) is 16.7. The molecule has 0 saturated carbocycles. The lowest BCUT2D eigenvalue weighted by molar-refractivity contribution is 0.897. The standard InChI is InChI=1S/C25H22BrClN2S/c1-29-15-14-28-23(22-4-2-3-5-24(22)29)13-9-19-8-10-20(26)16-25(19)30-17-18-6-11-21(27)12-7-18/h2-13,16H,14-15,17H2,1H3. The molecule has 0 aliphatic carbocycles. The minimum Gasteiger partial charge on any atom is -0.372 e. The Bertz CT molecular complexity index is 1090. The van der Waals surface area contributed by atoms with E-state index in [9.17, 15) is 0 Å². The van der Waals surface area contributed by atoms with Crippen molar-refractivity contribution in [2.75, 3.05) is 25.0 Å². The van der Waals surface area contributed by atoms with Crippen LogP contribution in [0.2, 0.25) is 5.02 Å². The number of hydrogen-bond donors (Lipinski definition) is 0. The van der Waals surface area contributed by atoms with Crippen molar-refractivity contribution in [3.8, 4) is 0 Å². The quantitative estimate of drug-likeness (QED) is 0.342. The van der Waals surface area contributed by atoms with Crippen LogP contribution in [0.25, 0.3) is 6.08 Å². The van der Waals surface area contributed by atoms with Crippen molar-refractivity contribution in [3.63, 3.8) is 0 Å². The second-order valence-electron chi connectivity index (χ2n) is 7.14. The van der Waals surface area contributed by atoms with Gasteiger partial charge in [0.1, 0.15) is 0 Å². The summed E-state index contributed by atoms with van der Waals surface area (Å²) in [5.41, 5.74) is 5.89. The Kier molecular flexibility index (Phi) is 6.98. The number of para-hydroxylation sites is 1. The first-order valence-electron chi connectivity index (χ1n) is 9.80. The van der Waals surface area contributed by atoms with E-state index in [1.165, 1.54) is 27.3 Å². The maximum Gasteiger partial charge on any atom is 0.0668 e. The number of rotatable bonds is 5.